The van der Waals surface area contributed by atoms with Crippen LogP contribution >= 0.6 is 0 Å². The summed E-state index contributed by atoms with van der Waals surface area (Å²) in [7, 11) is 0. The molecule has 1 aliphatic carbocycles. The van der Waals surface area contributed by atoms with Gasteiger partial charge in [0, 0.05) is 18.0 Å². The predicted molar refractivity (Wildman–Crippen MR) is 59.0 cm³/mol. The summed E-state index contributed by atoms with van der Waals surface area (Å²) < 4.78 is 4.89. The Hall–Kier alpha value is -1.78. The number of carbonyl (C=O) groups is 2. The van der Waals surface area contributed by atoms with Crippen molar-refractivity contribution in [2.75, 3.05) is 0 Å². The molecule has 2 rings (SSSR count). The van der Waals surface area contributed by atoms with Crippen molar-refractivity contribution in [3.63, 3.8) is 0 Å². The highest BCUT2D eigenvalue weighted by atomic mass is 16.4. The second-order valence-electron chi connectivity index (χ2n) is 4.39. The molecule has 1 amide bonds. The largest absolute Gasteiger partial charge is 0.481 e. The van der Waals surface area contributed by atoms with Crippen molar-refractivity contribution in [2.45, 2.75) is 25.8 Å². The third-order valence-corrected chi connectivity index (χ3v) is 3.20. The number of aliphatic carboxylic acids is 1. The molecule has 1 fully saturated rings. The van der Waals surface area contributed by atoms with Gasteiger partial charge < -0.3 is 14.8 Å². The van der Waals surface area contributed by atoms with Crippen molar-refractivity contribution in [2.24, 2.45) is 11.8 Å². The van der Waals surface area contributed by atoms with E-state index in [1.54, 1.807) is 18.6 Å². The average Bonchev–Trinajstić information content (AvgIpc) is 2.96. The molecule has 1 heterocycles. The number of furan rings is 1. The molecule has 0 saturated heterocycles. The van der Waals surface area contributed by atoms with E-state index in [9.17, 15) is 9.59 Å². The number of hydrogen-bond acceptors (Lipinski definition) is 3. The standard InChI is InChI=1S/C12H15NO4/c14-11(13-6-8-3-4-17-7-8)9-1-2-10(5-9)12(15)16/h3-4,7,9-10H,1-2,5-6H2,(H,13,14)(H,15,16)/t9-,10+/m1/s1. The molecular formula is C12H15NO4. The fraction of sp³-hybridized carbons (Fsp3) is 0.500. The first-order valence-electron chi connectivity index (χ1n) is 5.68. The molecule has 5 nitrogen and oxygen atoms in total. The number of rotatable bonds is 4. The summed E-state index contributed by atoms with van der Waals surface area (Å²) in [6, 6.07) is 1.79. The minimum Gasteiger partial charge on any atom is -0.481 e. The Balaban J connectivity index is 1.79. The summed E-state index contributed by atoms with van der Waals surface area (Å²) in [6.07, 6.45) is 4.84. The number of carboxylic acid groups (broad SMARTS) is 1. The predicted octanol–water partition coefficient (Wildman–Crippen LogP) is 1.40. The van der Waals surface area contributed by atoms with E-state index < -0.39 is 5.97 Å². The molecule has 0 aromatic carbocycles. The average molecular weight is 237 g/mol. The molecule has 17 heavy (non-hydrogen) atoms. The fourth-order valence-electron chi connectivity index (χ4n) is 2.17. The zero-order valence-electron chi connectivity index (χ0n) is 9.39. The van der Waals surface area contributed by atoms with Crippen molar-refractivity contribution < 1.29 is 19.1 Å². The Kier molecular flexibility index (Phi) is 3.46. The van der Waals surface area contributed by atoms with Gasteiger partial charge >= 0.3 is 5.97 Å². The van der Waals surface area contributed by atoms with Crippen LogP contribution in [-0.2, 0) is 16.1 Å². The van der Waals surface area contributed by atoms with Gasteiger partial charge in [-0.05, 0) is 25.3 Å². The van der Waals surface area contributed by atoms with E-state index in [4.69, 9.17) is 9.52 Å². The molecule has 0 radical (unpaired) electrons. The molecule has 1 aliphatic rings. The fourth-order valence-corrected chi connectivity index (χ4v) is 2.17. The maximum atomic E-state index is 11.8. The first-order chi connectivity index (χ1) is 8.16. The molecule has 0 spiro atoms. The van der Waals surface area contributed by atoms with Gasteiger partial charge in [-0.25, -0.2) is 0 Å². The van der Waals surface area contributed by atoms with E-state index in [1.165, 1.54) is 0 Å². The smallest absolute Gasteiger partial charge is 0.306 e. The van der Waals surface area contributed by atoms with Gasteiger partial charge in [0.05, 0.1) is 18.4 Å². The molecule has 92 valence electrons. The number of hydrogen-bond donors (Lipinski definition) is 2. The Morgan fingerprint density at radius 3 is 2.76 bits per heavy atom. The molecule has 2 N–H and O–H groups in total. The molecule has 5 heteroatoms. The Morgan fingerprint density at radius 2 is 2.18 bits per heavy atom. The van der Waals surface area contributed by atoms with Crippen LogP contribution in [0.2, 0.25) is 0 Å². The number of amides is 1. The monoisotopic (exact) mass is 237 g/mol. The molecular weight excluding hydrogens is 222 g/mol. The van der Waals surface area contributed by atoms with Gasteiger partial charge in [-0.2, -0.15) is 0 Å². The minimum absolute atomic E-state index is 0.0602. The van der Waals surface area contributed by atoms with E-state index in [2.05, 4.69) is 5.32 Å². The Labute approximate surface area is 98.8 Å². The molecule has 0 aliphatic heterocycles. The summed E-state index contributed by atoms with van der Waals surface area (Å²) in [5.74, 6) is -1.38. The van der Waals surface area contributed by atoms with Gasteiger partial charge in [0.1, 0.15) is 0 Å². The second kappa shape index (κ2) is 5.03. The van der Waals surface area contributed by atoms with Gasteiger partial charge in [0.15, 0.2) is 0 Å². The van der Waals surface area contributed by atoms with Crippen LogP contribution in [-0.4, -0.2) is 17.0 Å². The molecule has 1 aromatic heterocycles. The number of carbonyl (C=O) groups excluding carboxylic acids is 1. The zero-order valence-corrected chi connectivity index (χ0v) is 9.39. The van der Waals surface area contributed by atoms with Crippen LogP contribution in [0.1, 0.15) is 24.8 Å². The normalized spacial score (nSPS) is 23.5. The summed E-state index contributed by atoms with van der Waals surface area (Å²) >= 11 is 0. The van der Waals surface area contributed by atoms with Crippen molar-refractivity contribution in [3.05, 3.63) is 24.2 Å². The van der Waals surface area contributed by atoms with Crippen LogP contribution in [0.5, 0.6) is 0 Å². The third kappa shape index (κ3) is 2.87. The highest BCUT2D eigenvalue weighted by Gasteiger charge is 2.33. The molecule has 1 aromatic rings. The topological polar surface area (TPSA) is 79.5 Å². The lowest BCUT2D eigenvalue weighted by atomic mass is 10.0. The van der Waals surface area contributed by atoms with Crippen LogP contribution in [0.25, 0.3) is 0 Å². The van der Waals surface area contributed by atoms with Gasteiger partial charge in [0.2, 0.25) is 5.91 Å². The first kappa shape index (κ1) is 11.7. The minimum atomic E-state index is -0.796. The molecule has 2 atom stereocenters. The summed E-state index contributed by atoms with van der Waals surface area (Å²) in [5.41, 5.74) is 0.908. The second-order valence-corrected chi connectivity index (χ2v) is 4.39. The summed E-state index contributed by atoms with van der Waals surface area (Å²) in [4.78, 5) is 22.5. The van der Waals surface area contributed by atoms with Crippen LogP contribution in [0.15, 0.2) is 23.0 Å². The lowest BCUT2D eigenvalue weighted by Crippen LogP contribution is -2.29. The lowest BCUT2D eigenvalue weighted by molar-refractivity contribution is -0.141. The molecule has 1 saturated carbocycles. The van der Waals surface area contributed by atoms with Gasteiger partial charge in [0.25, 0.3) is 0 Å². The summed E-state index contributed by atoms with van der Waals surface area (Å²) in [6.45, 7) is 0.434. The SMILES string of the molecule is O=C(O)[C@H]1CC[C@@H](C(=O)NCc2ccoc2)C1. The number of carboxylic acids is 1. The van der Waals surface area contributed by atoms with E-state index in [0.29, 0.717) is 25.8 Å². The van der Waals surface area contributed by atoms with Crippen LogP contribution < -0.4 is 5.32 Å². The van der Waals surface area contributed by atoms with E-state index in [0.717, 1.165) is 5.56 Å². The quantitative estimate of drug-likeness (QED) is 0.829. The Morgan fingerprint density at radius 1 is 1.41 bits per heavy atom. The maximum absolute atomic E-state index is 11.8. The van der Waals surface area contributed by atoms with E-state index in [-0.39, 0.29) is 17.7 Å². The first-order valence-corrected chi connectivity index (χ1v) is 5.68. The van der Waals surface area contributed by atoms with Gasteiger partial charge in [-0.15, -0.1) is 0 Å². The van der Waals surface area contributed by atoms with Crippen molar-refractivity contribution >= 4 is 11.9 Å². The molecule has 0 unspecified atom stereocenters. The van der Waals surface area contributed by atoms with Crippen LogP contribution in [0.3, 0.4) is 0 Å². The highest BCUT2D eigenvalue weighted by Crippen LogP contribution is 2.31. The summed E-state index contributed by atoms with van der Waals surface area (Å²) in [5, 5.41) is 11.6. The van der Waals surface area contributed by atoms with Crippen molar-refractivity contribution in [3.8, 4) is 0 Å². The van der Waals surface area contributed by atoms with Crippen LogP contribution in [0, 0.1) is 11.8 Å². The van der Waals surface area contributed by atoms with E-state index in [1.807, 2.05) is 0 Å². The van der Waals surface area contributed by atoms with Crippen molar-refractivity contribution in [1.82, 2.24) is 5.32 Å². The number of nitrogens with one attached hydrogen (secondary N) is 1. The molecule has 0 bridgehead atoms. The van der Waals surface area contributed by atoms with E-state index >= 15 is 0 Å². The van der Waals surface area contributed by atoms with Crippen LogP contribution in [0.4, 0.5) is 0 Å². The van der Waals surface area contributed by atoms with Gasteiger partial charge in [-0.3, -0.25) is 9.59 Å². The zero-order chi connectivity index (χ0) is 12.3. The maximum Gasteiger partial charge on any atom is 0.306 e. The Bertz CT molecular complexity index is 399. The van der Waals surface area contributed by atoms with Gasteiger partial charge in [-0.1, -0.05) is 0 Å². The van der Waals surface area contributed by atoms with Crippen molar-refractivity contribution in [1.29, 1.82) is 0 Å². The lowest BCUT2D eigenvalue weighted by Gasteiger charge is -2.09. The third-order valence-electron chi connectivity index (χ3n) is 3.20. The highest BCUT2D eigenvalue weighted by molar-refractivity contribution is 5.80.